The van der Waals surface area contributed by atoms with Gasteiger partial charge in [-0.1, -0.05) is 120 Å². The third kappa shape index (κ3) is 10.6. The zero-order chi connectivity index (χ0) is 53.0. The van der Waals surface area contributed by atoms with Gasteiger partial charge in [-0.3, -0.25) is 13.2 Å². The van der Waals surface area contributed by atoms with Crippen molar-refractivity contribution in [1.29, 1.82) is 0 Å². The maximum Gasteiger partial charge on any atom is 3.00 e. The molecule has 4 aromatic heterocycles. The molecule has 378 valence electrons. The van der Waals surface area contributed by atoms with Gasteiger partial charge >= 0.3 is 38.6 Å². The van der Waals surface area contributed by atoms with Crippen LogP contribution >= 0.6 is 36.6 Å². The Labute approximate surface area is 454 Å². The van der Waals surface area contributed by atoms with Crippen molar-refractivity contribution in [3.05, 3.63) is 205 Å². The molecule has 4 heterocycles. The van der Waals surface area contributed by atoms with Crippen LogP contribution in [0.2, 0.25) is 0 Å². The van der Waals surface area contributed by atoms with Crippen LogP contribution in [-0.2, 0) is 38.6 Å². The van der Waals surface area contributed by atoms with Crippen LogP contribution in [0.4, 0.5) is 39.5 Å². The summed E-state index contributed by atoms with van der Waals surface area (Å²) in [6.45, 7) is 11.4. The first kappa shape index (κ1) is 53.5. The summed E-state index contributed by atoms with van der Waals surface area (Å²) in [6, 6.07) is 45.2. The van der Waals surface area contributed by atoms with Gasteiger partial charge in [0, 0.05) is 16.6 Å². The molecule has 0 amide bonds. The molecule has 0 saturated carbocycles. The molecule has 0 unspecified atom stereocenters. The molecule has 0 saturated heterocycles. The second kappa shape index (κ2) is 21.0. The molecular weight excluding hydrogens is 1230 g/mol. The second-order valence-electron chi connectivity index (χ2n) is 16.8. The van der Waals surface area contributed by atoms with Gasteiger partial charge in [-0.15, -0.1) is 33.4 Å². The Kier molecular flexibility index (Phi) is 14.8. The molecule has 0 aliphatic carbocycles. The maximum absolute atomic E-state index is 14.3. The standard InChI is InChI=1S/C29H12F9N2S.2C14H9N2S.Ir/c30-27(31,32)20-10-9-17(23(28(33,34)35)24(20)29(36,37)38)25-18-11-14-5-1-2-6-15(14)12-19(18)26(40-39-25)22-13-16-7-3-4-8-21(16)41-22;2*1-9(17)14-13-7-11-5-3-2-4-10(11)6-12(13)8-15-16-14;/h1-12H;2*1-8,17H;/q3*-1;+3. The summed E-state index contributed by atoms with van der Waals surface area (Å²) >= 11 is 9.58. The molecule has 0 bridgehead atoms. The van der Waals surface area contributed by atoms with Crippen molar-refractivity contribution >= 4 is 121 Å². The molecule has 12 aromatic rings. The number of hydrogen-bond acceptors (Lipinski definition) is 9. The SMILES string of the molecule is FC(F)(F)c1ccc(-c2nnc(-c3[c-]c4ccccc4s3)c3cc4ccccc4cc23)c(C(F)(F)F)c1C(F)(F)F.[CH-]=C(S)c1nncc2cc3ccccc3cc12.[CH-]=C(S)c1nncc2cc3ccccc3cc12.[Ir+3]. The second-order valence-corrected chi connectivity index (χ2v) is 18.8. The van der Waals surface area contributed by atoms with Crippen LogP contribution in [0.1, 0.15) is 28.1 Å². The van der Waals surface area contributed by atoms with Crippen molar-refractivity contribution in [3.63, 3.8) is 0 Å². The van der Waals surface area contributed by atoms with Crippen molar-refractivity contribution < 1.29 is 59.6 Å². The zero-order valence-electron chi connectivity index (χ0n) is 38.4. The number of halogens is 9. The Morgan fingerprint density at radius 3 is 1.29 bits per heavy atom. The average Bonchev–Trinajstić information content (AvgIpc) is 3.82. The summed E-state index contributed by atoms with van der Waals surface area (Å²) in [7, 11) is 0. The molecule has 12 rings (SSSR count). The van der Waals surface area contributed by atoms with E-state index in [1.807, 2.05) is 30.3 Å². The fourth-order valence-corrected chi connectivity index (χ4v) is 10.1. The van der Waals surface area contributed by atoms with Gasteiger partial charge in [0.1, 0.15) is 0 Å². The first-order valence-electron chi connectivity index (χ1n) is 22.2. The molecule has 0 spiro atoms. The summed E-state index contributed by atoms with van der Waals surface area (Å²) < 4.78 is 126. The fourth-order valence-electron chi connectivity index (χ4n) is 8.78. The van der Waals surface area contributed by atoms with Crippen LogP contribution in [0.3, 0.4) is 0 Å². The predicted molar refractivity (Wildman–Crippen MR) is 285 cm³/mol. The van der Waals surface area contributed by atoms with Gasteiger partial charge in [-0.25, -0.2) is 21.5 Å². The molecule has 0 aliphatic heterocycles. The summed E-state index contributed by atoms with van der Waals surface area (Å²) in [4.78, 5) is 1.25. The van der Waals surface area contributed by atoms with E-state index in [4.69, 9.17) is 13.2 Å². The van der Waals surface area contributed by atoms with E-state index in [0.717, 1.165) is 42.4 Å². The van der Waals surface area contributed by atoms with Crippen LogP contribution in [-0.4, -0.2) is 30.6 Å². The minimum absolute atomic E-state index is 0. The van der Waals surface area contributed by atoms with E-state index in [-0.39, 0.29) is 42.6 Å². The number of aromatic nitrogens is 6. The van der Waals surface area contributed by atoms with Crippen LogP contribution in [0.5, 0.6) is 0 Å². The van der Waals surface area contributed by atoms with E-state index in [1.165, 1.54) is 28.2 Å². The molecule has 0 aliphatic rings. The van der Waals surface area contributed by atoms with E-state index < -0.39 is 46.5 Å². The van der Waals surface area contributed by atoms with Gasteiger partial charge in [0.2, 0.25) is 0 Å². The molecule has 6 nitrogen and oxygen atoms in total. The number of nitrogens with zero attached hydrogens (tertiary/aromatic N) is 6. The van der Waals surface area contributed by atoms with Crippen molar-refractivity contribution in [2.45, 2.75) is 18.5 Å². The molecule has 0 N–H and O–H groups in total. The average molecular weight is 1260 g/mol. The zero-order valence-corrected chi connectivity index (χ0v) is 43.4. The monoisotopic (exact) mass is 1260 g/mol. The first-order valence-corrected chi connectivity index (χ1v) is 23.9. The number of fused-ring (bicyclic) bond motifs is 7. The molecule has 0 fully saturated rings. The third-order valence-corrected chi connectivity index (χ3v) is 13.6. The molecule has 0 radical (unpaired) electrons. The summed E-state index contributed by atoms with van der Waals surface area (Å²) in [5.74, 6) is 0. The molecule has 76 heavy (non-hydrogen) atoms. The van der Waals surface area contributed by atoms with E-state index in [0.29, 0.717) is 42.9 Å². The van der Waals surface area contributed by atoms with Crippen LogP contribution in [0, 0.1) is 19.2 Å². The molecule has 19 heteroatoms. The Morgan fingerprint density at radius 2 is 0.855 bits per heavy atom. The van der Waals surface area contributed by atoms with Crippen molar-refractivity contribution in [2.24, 2.45) is 0 Å². The van der Waals surface area contributed by atoms with Crippen molar-refractivity contribution in [3.8, 4) is 21.8 Å². The van der Waals surface area contributed by atoms with Gasteiger partial charge in [-0.2, -0.15) is 85.2 Å². The summed E-state index contributed by atoms with van der Waals surface area (Å²) in [5.41, 5.74) is -8.07. The van der Waals surface area contributed by atoms with Crippen LogP contribution in [0.25, 0.3) is 106 Å². The van der Waals surface area contributed by atoms with Gasteiger partial charge < -0.3 is 0 Å². The van der Waals surface area contributed by atoms with Crippen LogP contribution < -0.4 is 0 Å². The number of rotatable bonds is 4. The third-order valence-electron chi connectivity index (χ3n) is 12.1. The van der Waals surface area contributed by atoms with E-state index >= 15 is 0 Å². The minimum Gasteiger partial charge on any atom is -0.277 e. The topological polar surface area (TPSA) is 77.3 Å². The number of thiophene rings is 1. The predicted octanol–water partition coefficient (Wildman–Crippen LogP) is 17.2. The fraction of sp³-hybridized carbons (Fsp3) is 0.0526. The van der Waals surface area contributed by atoms with Crippen molar-refractivity contribution in [2.75, 3.05) is 0 Å². The Hall–Kier alpha value is -7.28. The van der Waals surface area contributed by atoms with Gasteiger partial charge in [0.05, 0.1) is 34.8 Å². The number of hydrogen-bond donors (Lipinski definition) is 2. The van der Waals surface area contributed by atoms with E-state index in [1.54, 1.807) is 60.9 Å². The van der Waals surface area contributed by atoms with E-state index in [9.17, 15) is 39.5 Å². The summed E-state index contributed by atoms with van der Waals surface area (Å²) in [5, 5.41) is 34.8. The maximum atomic E-state index is 14.3. The van der Waals surface area contributed by atoms with Gasteiger partial charge in [0.25, 0.3) is 0 Å². The number of thiol groups is 2. The smallest absolute Gasteiger partial charge is 0.277 e. The Bertz CT molecular complexity index is 4090. The molecule has 0 atom stereocenters. The Morgan fingerprint density at radius 1 is 0.447 bits per heavy atom. The quantitative estimate of drug-likeness (QED) is 0.0791. The minimum atomic E-state index is -5.98. The largest absolute Gasteiger partial charge is 3.00 e. The Balaban J connectivity index is 0.000000165. The summed E-state index contributed by atoms with van der Waals surface area (Å²) in [6.07, 6.45) is -14.0. The van der Waals surface area contributed by atoms with Crippen LogP contribution in [0.15, 0.2) is 158 Å². The van der Waals surface area contributed by atoms with Gasteiger partial charge in [-0.05, 0) is 93.7 Å². The van der Waals surface area contributed by atoms with Crippen molar-refractivity contribution in [1.82, 2.24) is 30.6 Å². The molecule has 8 aromatic carbocycles. The number of alkyl halides is 9. The first-order chi connectivity index (χ1) is 35.7. The molecular formula is C57H30F9IrN6S3. The van der Waals surface area contributed by atoms with E-state index in [2.05, 4.69) is 110 Å². The van der Waals surface area contributed by atoms with Gasteiger partial charge in [0.15, 0.2) is 0 Å². The number of benzene rings is 8. The normalized spacial score (nSPS) is 11.9.